The number of nitrogens with two attached hydrogens (primary N) is 1. The number of carbonyl (C=O) groups is 1. The number of nitrogen functional groups attached to an aromatic ring is 1. The zero-order valence-electron chi connectivity index (χ0n) is 12.9. The smallest absolute Gasteiger partial charge is 0.251 e. The highest BCUT2D eigenvalue weighted by molar-refractivity contribution is 5.96. The van der Waals surface area contributed by atoms with Crippen LogP contribution in [0.2, 0.25) is 0 Å². The van der Waals surface area contributed by atoms with Gasteiger partial charge in [-0.1, -0.05) is 19.9 Å². The van der Waals surface area contributed by atoms with Crippen molar-refractivity contribution in [2.75, 3.05) is 18.9 Å². The molecular weight excluding hydrogens is 252 g/mol. The van der Waals surface area contributed by atoms with Crippen LogP contribution in [0.25, 0.3) is 0 Å². The first-order valence-electron chi connectivity index (χ1n) is 7.15. The van der Waals surface area contributed by atoms with Crippen molar-refractivity contribution in [2.45, 2.75) is 40.5 Å². The Bertz CT molecular complexity index is 471. The maximum atomic E-state index is 12.3. The molecule has 1 amide bonds. The number of aryl methyl sites for hydroxylation is 2. The van der Waals surface area contributed by atoms with Crippen molar-refractivity contribution in [3.63, 3.8) is 0 Å². The molecule has 0 fully saturated rings. The third-order valence-electron chi connectivity index (χ3n) is 4.32. The van der Waals surface area contributed by atoms with Crippen LogP contribution in [0.4, 0.5) is 5.69 Å². The summed E-state index contributed by atoms with van der Waals surface area (Å²) in [6, 6.07) is 3.64. The van der Waals surface area contributed by atoms with E-state index in [0.717, 1.165) is 24.0 Å². The van der Waals surface area contributed by atoms with Gasteiger partial charge in [-0.05, 0) is 43.9 Å². The molecule has 1 aromatic rings. The molecule has 0 aromatic heterocycles. The number of carbonyl (C=O) groups excluding carboxylic acids is 1. The number of amides is 1. The predicted octanol–water partition coefficient (Wildman–Crippen LogP) is 2.41. The average molecular weight is 278 g/mol. The highest BCUT2D eigenvalue weighted by Gasteiger charge is 2.26. The Balaban J connectivity index is 2.85. The Kier molecular flexibility index (Phi) is 5.57. The number of nitrogens with one attached hydrogen (secondary N) is 1. The highest BCUT2D eigenvalue weighted by Crippen LogP contribution is 2.25. The second kappa shape index (κ2) is 6.75. The molecule has 0 aliphatic carbocycles. The summed E-state index contributed by atoms with van der Waals surface area (Å²) in [6.45, 7) is 8.44. The Morgan fingerprint density at radius 2 is 1.85 bits per heavy atom. The highest BCUT2D eigenvalue weighted by atomic mass is 16.3. The average Bonchev–Trinajstić information content (AvgIpc) is 2.44. The number of anilines is 1. The first-order valence-corrected chi connectivity index (χ1v) is 7.15. The lowest BCUT2D eigenvalue weighted by Crippen LogP contribution is -2.39. The zero-order valence-corrected chi connectivity index (χ0v) is 12.9. The van der Waals surface area contributed by atoms with E-state index in [1.165, 1.54) is 0 Å². The fourth-order valence-electron chi connectivity index (χ4n) is 2.26. The molecule has 0 aliphatic rings. The van der Waals surface area contributed by atoms with Crippen molar-refractivity contribution in [1.82, 2.24) is 5.32 Å². The summed E-state index contributed by atoms with van der Waals surface area (Å²) in [5.41, 5.74) is 8.75. The third kappa shape index (κ3) is 3.51. The molecule has 0 saturated carbocycles. The standard InChI is InChI=1S/C16H26N2O2/c1-5-16(6-2,10-19)9-18-15(20)13-8-14(17)12(4)7-11(13)3/h7-8,19H,5-6,9-10,17H2,1-4H3,(H,18,20). The van der Waals surface area contributed by atoms with Gasteiger partial charge in [0.2, 0.25) is 0 Å². The van der Waals surface area contributed by atoms with Gasteiger partial charge in [0.25, 0.3) is 5.91 Å². The molecule has 20 heavy (non-hydrogen) atoms. The van der Waals surface area contributed by atoms with E-state index < -0.39 is 0 Å². The largest absolute Gasteiger partial charge is 0.398 e. The predicted molar refractivity (Wildman–Crippen MR) is 82.8 cm³/mol. The van der Waals surface area contributed by atoms with Gasteiger partial charge in [0.05, 0.1) is 6.61 Å². The van der Waals surface area contributed by atoms with Crippen molar-refractivity contribution >= 4 is 11.6 Å². The van der Waals surface area contributed by atoms with E-state index >= 15 is 0 Å². The van der Waals surface area contributed by atoms with Gasteiger partial charge >= 0.3 is 0 Å². The monoisotopic (exact) mass is 278 g/mol. The van der Waals surface area contributed by atoms with Crippen LogP contribution in [0.1, 0.15) is 48.2 Å². The van der Waals surface area contributed by atoms with Crippen LogP contribution < -0.4 is 11.1 Å². The molecular formula is C16H26N2O2. The fourth-order valence-corrected chi connectivity index (χ4v) is 2.26. The lowest BCUT2D eigenvalue weighted by Gasteiger charge is -2.29. The molecule has 4 nitrogen and oxygen atoms in total. The minimum atomic E-state index is -0.236. The van der Waals surface area contributed by atoms with Gasteiger partial charge in [-0.3, -0.25) is 4.79 Å². The van der Waals surface area contributed by atoms with Gasteiger partial charge in [0.15, 0.2) is 0 Å². The minimum absolute atomic E-state index is 0.0787. The van der Waals surface area contributed by atoms with Gasteiger partial charge in [0.1, 0.15) is 0 Å². The topological polar surface area (TPSA) is 75.3 Å². The number of aliphatic hydroxyl groups is 1. The number of hydrogen-bond acceptors (Lipinski definition) is 3. The van der Waals surface area contributed by atoms with E-state index in [1.807, 2.05) is 33.8 Å². The second-order valence-corrected chi connectivity index (χ2v) is 5.57. The SMILES string of the molecule is CCC(CC)(CO)CNC(=O)c1cc(N)c(C)cc1C. The van der Waals surface area contributed by atoms with E-state index in [0.29, 0.717) is 17.8 Å². The van der Waals surface area contributed by atoms with Gasteiger partial charge < -0.3 is 16.2 Å². The van der Waals surface area contributed by atoms with Crippen LogP contribution in [-0.2, 0) is 0 Å². The molecule has 0 atom stereocenters. The van der Waals surface area contributed by atoms with E-state index in [1.54, 1.807) is 6.07 Å². The van der Waals surface area contributed by atoms with Crippen LogP contribution in [0.5, 0.6) is 0 Å². The number of rotatable bonds is 6. The zero-order chi connectivity index (χ0) is 15.3. The maximum absolute atomic E-state index is 12.3. The van der Waals surface area contributed by atoms with Crippen molar-refractivity contribution in [3.8, 4) is 0 Å². The summed E-state index contributed by atoms with van der Waals surface area (Å²) in [5, 5.41) is 12.4. The van der Waals surface area contributed by atoms with Gasteiger partial charge in [-0.15, -0.1) is 0 Å². The summed E-state index contributed by atoms with van der Waals surface area (Å²) in [5.74, 6) is -0.131. The fraction of sp³-hybridized carbons (Fsp3) is 0.562. The molecule has 4 N–H and O–H groups in total. The molecule has 1 rings (SSSR count). The van der Waals surface area contributed by atoms with Gasteiger partial charge in [-0.25, -0.2) is 0 Å². The summed E-state index contributed by atoms with van der Waals surface area (Å²) in [6.07, 6.45) is 1.66. The molecule has 4 heteroatoms. The number of benzene rings is 1. The molecule has 0 bridgehead atoms. The summed E-state index contributed by atoms with van der Waals surface area (Å²) < 4.78 is 0. The van der Waals surface area contributed by atoms with Crippen molar-refractivity contribution < 1.29 is 9.90 Å². The van der Waals surface area contributed by atoms with Crippen molar-refractivity contribution in [2.24, 2.45) is 5.41 Å². The van der Waals surface area contributed by atoms with Crippen molar-refractivity contribution in [1.29, 1.82) is 0 Å². The van der Waals surface area contributed by atoms with Crippen LogP contribution in [0.15, 0.2) is 12.1 Å². The van der Waals surface area contributed by atoms with Crippen LogP contribution in [0, 0.1) is 19.3 Å². The van der Waals surface area contributed by atoms with E-state index in [-0.39, 0.29) is 17.9 Å². The van der Waals surface area contributed by atoms with Crippen molar-refractivity contribution in [3.05, 3.63) is 28.8 Å². The lowest BCUT2D eigenvalue weighted by molar-refractivity contribution is 0.0850. The Hall–Kier alpha value is -1.55. The van der Waals surface area contributed by atoms with E-state index in [4.69, 9.17) is 5.73 Å². The van der Waals surface area contributed by atoms with Crippen LogP contribution >= 0.6 is 0 Å². The van der Waals surface area contributed by atoms with Gasteiger partial charge in [-0.2, -0.15) is 0 Å². The maximum Gasteiger partial charge on any atom is 0.251 e. The van der Waals surface area contributed by atoms with E-state index in [9.17, 15) is 9.90 Å². The molecule has 1 aromatic carbocycles. The third-order valence-corrected chi connectivity index (χ3v) is 4.32. The van der Waals surface area contributed by atoms with Crippen LogP contribution in [0.3, 0.4) is 0 Å². The first-order chi connectivity index (χ1) is 9.39. The Morgan fingerprint density at radius 3 is 2.35 bits per heavy atom. The molecule has 0 unspecified atom stereocenters. The quantitative estimate of drug-likeness (QED) is 0.699. The number of aliphatic hydroxyl groups excluding tert-OH is 1. The molecule has 0 saturated heterocycles. The number of hydrogen-bond donors (Lipinski definition) is 3. The van der Waals surface area contributed by atoms with Gasteiger partial charge in [0, 0.05) is 23.2 Å². The Labute approximate surface area is 121 Å². The second-order valence-electron chi connectivity index (χ2n) is 5.57. The lowest BCUT2D eigenvalue weighted by atomic mass is 9.83. The van der Waals surface area contributed by atoms with Crippen LogP contribution in [-0.4, -0.2) is 24.2 Å². The molecule has 0 spiro atoms. The molecule has 0 heterocycles. The normalized spacial score (nSPS) is 11.4. The Morgan fingerprint density at radius 1 is 1.25 bits per heavy atom. The molecule has 112 valence electrons. The summed E-state index contributed by atoms with van der Waals surface area (Å²) >= 11 is 0. The first kappa shape index (κ1) is 16.5. The minimum Gasteiger partial charge on any atom is -0.398 e. The summed E-state index contributed by atoms with van der Waals surface area (Å²) in [4.78, 5) is 12.3. The van der Waals surface area contributed by atoms with E-state index in [2.05, 4.69) is 5.32 Å². The molecule has 0 aliphatic heterocycles. The summed E-state index contributed by atoms with van der Waals surface area (Å²) in [7, 11) is 0. The molecule has 0 radical (unpaired) electrons.